The van der Waals surface area contributed by atoms with Crippen molar-refractivity contribution in [2.45, 2.75) is 66.5 Å². The molecule has 1 unspecified atom stereocenters. The molecule has 2 aromatic carbocycles. The van der Waals surface area contributed by atoms with Crippen molar-refractivity contribution in [1.29, 1.82) is 0 Å². The van der Waals surface area contributed by atoms with Gasteiger partial charge in [0.05, 0.1) is 36.8 Å². The molecule has 0 bridgehead atoms. The molecule has 1 aliphatic rings. The second-order valence-corrected chi connectivity index (χ2v) is 10.7. The van der Waals surface area contributed by atoms with E-state index in [1.165, 1.54) is 0 Å². The second kappa shape index (κ2) is 11.6. The predicted molar refractivity (Wildman–Crippen MR) is 148 cm³/mol. The van der Waals surface area contributed by atoms with E-state index in [2.05, 4.69) is 13.8 Å². The lowest BCUT2D eigenvalue weighted by Crippen LogP contribution is -2.31. The fraction of sp³-hybridized carbons (Fsp3) is 0.484. The standard InChI is InChI=1S/C31H39NO6/c1-18(2)11-14-37-23-10-9-22(17-24(23)35-7)28-27-29(33)26-21(6)15-20(5)16-25(26)38-30(27)31(34)32(28)12-8-13-36-19(3)4/h9-10,15-19,28H,8,11-14H2,1-7H3. The zero-order valence-corrected chi connectivity index (χ0v) is 23.6. The molecule has 0 saturated carbocycles. The summed E-state index contributed by atoms with van der Waals surface area (Å²) in [5, 5.41) is 0.512. The molecule has 0 N–H and O–H groups in total. The van der Waals surface area contributed by atoms with Crippen molar-refractivity contribution in [3.05, 3.63) is 68.6 Å². The molecule has 0 fully saturated rings. The summed E-state index contributed by atoms with van der Waals surface area (Å²) in [4.78, 5) is 29.4. The molecule has 3 aromatic rings. The fourth-order valence-electron chi connectivity index (χ4n) is 5.02. The van der Waals surface area contributed by atoms with Crippen LogP contribution in [-0.4, -0.2) is 43.8 Å². The molecule has 1 atom stereocenters. The predicted octanol–water partition coefficient (Wildman–Crippen LogP) is 6.20. The summed E-state index contributed by atoms with van der Waals surface area (Å²) in [5.41, 5.74) is 3.21. The number of ether oxygens (including phenoxy) is 3. The quantitative estimate of drug-likeness (QED) is 0.280. The number of carbonyl (C=O) groups excluding carboxylic acids is 1. The Bertz CT molecular complexity index is 1370. The van der Waals surface area contributed by atoms with Gasteiger partial charge in [0.15, 0.2) is 16.9 Å². The fourth-order valence-corrected chi connectivity index (χ4v) is 5.02. The smallest absolute Gasteiger partial charge is 0.290 e. The highest BCUT2D eigenvalue weighted by molar-refractivity contribution is 5.99. The van der Waals surface area contributed by atoms with Gasteiger partial charge in [0.2, 0.25) is 5.76 Å². The Balaban J connectivity index is 1.80. The van der Waals surface area contributed by atoms with Crippen LogP contribution in [0.5, 0.6) is 11.5 Å². The highest BCUT2D eigenvalue weighted by Gasteiger charge is 2.43. The van der Waals surface area contributed by atoms with E-state index in [1.807, 2.05) is 58.0 Å². The minimum absolute atomic E-state index is 0.101. The molecule has 38 heavy (non-hydrogen) atoms. The Morgan fingerprint density at radius 1 is 1.00 bits per heavy atom. The monoisotopic (exact) mass is 521 g/mol. The van der Waals surface area contributed by atoms with Gasteiger partial charge in [-0.15, -0.1) is 0 Å². The Labute approximate surface area is 224 Å². The van der Waals surface area contributed by atoms with E-state index in [0.29, 0.717) is 60.1 Å². The molecule has 0 aliphatic carbocycles. The molecule has 1 amide bonds. The number of hydrogen-bond donors (Lipinski definition) is 0. The van der Waals surface area contributed by atoms with Crippen LogP contribution in [0.3, 0.4) is 0 Å². The van der Waals surface area contributed by atoms with Gasteiger partial charge in [-0.1, -0.05) is 26.0 Å². The molecule has 7 nitrogen and oxygen atoms in total. The zero-order chi connectivity index (χ0) is 27.6. The first-order valence-electron chi connectivity index (χ1n) is 13.4. The summed E-state index contributed by atoms with van der Waals surface area (Å²) in [7, 11) is 1.59. The maximum absolute atomic E-state index is 14.0. The lowest BCUT2D eigenvalue weighted by atomic mass is 9.96. The van der Waals surface area contributed by atoms with Crippen molar-refractivity contribution < 1.29 is 23.4 Å². The lowest BCUT2D eigenvalue weighted by molar-refractivity contribution is 0.0593. The van der Waals surface area contributed by atoms with E-state index in [0.717, 1.165) is 23.1 Å². The minimum atomic E-state index is -0.600. The number of hydrogen-bond acceptors (Lipinski definition) is 6. The topological polar surface area (TPSA) is 78.2 Å². The normalized spacial score (nSPS) is 15.1. The summed E-state index contributed by atoms with van der Waals surface area (Å²) in [6, 6.07) is 8.80. The van der Waals surface area contributed by atoms with Gasteiger partial charge in [0.1, 0.15) is 5.58 Å². The third-order valence-electron chi connectivity index (χ3n) is 6.86. The largest absolute Gasteiger partial charge is 0.493 e. The average molecular weight is 522 g/mol. The first-order chi connectivity index (χ1) is 18.1. The van der Waals surface area contributed by atoms with Crippen molar-refractivity contribution in [2.24, 2.45) is 5.92 Å². The van der Waals surface area contributed by atoms with Crippen LogP contribution in [0.25, 0.3) is 11.0 Å². The van der Waals surface area contributed by atoms with Crippen molar-refractivity contribution in [3.8, 4) is 11.5 Å². The van der Waals surface area contributed by atoms with Crippen LogP contribution < -0.4 is 14.9 Å². The van der Waals surface area contributed by atoms with Crippen LogP contribution in [0, 0.1) is 19.8 Å². The summed E-state index contributed by atoms with van der Waals surface area (Å²) >= 11 is 0. The second-order valence-electron chi connectivity index (χ2n) is 10.7. The summed E-state index contributed by atoms with van der Waals surface area (Å²) in [5.74, 6) is 1.54. The average Bonchev–Trinajstić information content (AvgIpc) is 3.13. The molecule has 0 spiro atoms. The van der Waals surface area contributed by atoms with Gasteiger partial charge >= 0.3 is 0 Å². The van der Waals surface area contributed by atoms with E-state index in [1.54, 1.807) is 12.0 Å². The molecule has 204 valence electrons. The molecule has 0 radical (unpaired) electrons. The van der Waals surface area contributed by atoms with Crippen molar-refractivity contribution >= 4 is 16.9 Å². The summed E-state index contributed by atoms with van der Waals surface area (Å²) in [6.45, 7) is 13.6. The number of nitrogens with zero attached hydrogens (tertiary/aromatic N) is 1. The van der Waals surface area contributed by atoms with E-state index in [9.17, 15) is 9.59 Å². The summed E-state index contributed by atoms with van der Waals surface area (Å²) in [6.07, 6.45) is 1.66. The third kappa shape index (κ3) is 5.58. The van der Waals surface area contributed by atoms with Crippen LogP contribution in [0.2, 0.25) is 0 Å². The molecule has 1 aliphatic heterocycles. The van der Waals surface area contributed by atoms with Gasteiger partial charge in [0.25, 0.3) is 5.91 Å². The molecular weight excluding hydrogens is 482 g/mol. The molecular formula is C31H39NO6. The Kier molecular flexibility index (Phi) is 8.46. The maximum Gasteiger partial charge on any atom is 0.290 e. The van der Waals surface area contributed by atoms with Gasteiger partial charge in [-0.2, -0.15) is 0 Å². The number of rotatable bonds is 11. The van der Waals surface area contributed by atoms with Gasteiger partial charge in [-0.25, -0.2) is 0 Å². The van der Waals surface area contributed by atoms with E-state index in [-0.39, 0.29) is 23.2 Å². The molecule has 7 heteroatoms. The van der Waals surface area contributed by atoms with E-state index in [4.69, 9.17) is 18.6 Å². The van der Waals surface area contributed by atoms with Crippen LogP contribution in [0.1, 0.15) is 79.4 Å². The number of fused-ring (bicyclic) bond motifs is 2. The molecule has 4 rings (SSSR count). The van der Waals surface area contributed by atoms with Crippen molar-refractivity contribution in [2.75, 3.05) is 26.9 Å². The van der Waals surface area contributed by atoms with E-state index < -0.39 is 6.04 Å². The number of amides is 1. The SMILES string of the molecule is COc1cc(C2c3c(oc4cc(C)cc(C)c4c3=O)C(=O)N2CCCOC(C)C)ccc1OCCC(C)C. The van der Waals surface area contributed by atoms with Crippen LogP contribution in [-0.2, 0) is 4.74 Å². The number of aryl methyl sites for hydroxylation is 2. The first kappa shape index (κ1) is 27.7. The van der Waals surface area contributed by atoms with Gasteiger partial charge < -0.3 is 23.5 Å². The van der Waals surface area contributed by atoms with Gasteiger partial charge in [0, 0.05) is 13.2 Å². The lowest BCUT2D eigenvalue weighted by Gasteiger charge is -2.26. The van der Waals surface area contributed by atoms with Crippen molar-refractivity contribution in [3.63, 3.8) is 0 Å². The Morgan fingerprint density at radius 2 is 1.76 bits per heavy atom. The summed E-state index contributed by atoms with van der Waals surface area (Å²) < 4.78 is 23.5. The highest BCUT2D eigenvalue weighted by atomic mass is 16.5. The Morgan fingerprint density at radius 3 is 2.45 bits per heavy atom. The number of methoxy groups -OCH3 is 1. The highest BCUT2D eigenvalue weighted by Crippen LogP contribution is 2.41. The van der Waals surface area contributed by atoms with Crippen LogP contribution in [0.4, 0.5) is 0 Å². The number of carbonyl (C=O) groups is 1. The Hall–Kier alpha value is -3.32. The molecule has 1 aromatic heterocycles. The molecule has 2 heterocycles. The van der Waals surface area contributed by atoms with Gasteiger partial charge in [-0.3, -0.25) is 9.59 Å². The van der Waals surface area contributed by atoms with Crippen LogP contribution >= 0.6 is 0 Å². The maximum atomic E-state index is 14.0. The first-order valence-corrected chi connectivity index (χ1v) is 13.4. The van der Waals surface area contributed by atoms with Gasteiger partial charge in [-0.05, 0) is 81.3 Å². The van der Waals surface area contributed by atoms with E-state index >= 15 is 0 Å². The number of benzene rings is 2. The zero-order valence-electron chi connectivity index (χ0n) is 23.6. The van der Waals surface area contributed by atoms with Crippen LogP contribution in [0.15, 0.2) is 39.5 Å². The minimum Gasteiger partial charge on any atom is -0.493 e. The van der Waals surface area contributed by atoms with Crippen molar-refractivity contribution in [1.82, 2.24) is 4.90 Å². The molecule has 0 saturated heterocycles. The third-order valence-corrected chi connectivity index (χ3v) is 6.86.